The minimum atomic E-state index is 0.511. The van der Waals surface area contributed by atoms with E-state index in [0.717, 1.165) is 16.9 Å². The molecule has 0 saturated heterocycles. The second-order valence-corrected chi connectivity index (χ2v) is 4.72. The van der Waals surface area contributed by atoms with Crippen LogP contribution in [0.5, 0.6) is 0 Å². The van der Waals surface area contributed by atoms with Crippen LogP contribution in [-0.2, 0) is 0 Å². The Morgan fingerprint density at radius 2 is 2.00 bits per heavy atom. The van der Waals surface area contributed by atoms with Crippen molar-refractivity contribution in [2.75, 3.05) is 0 Å². The van der Waals surface area contributed by atoms with E-state index in [2.05, 4.69) is 47.3 Å². The van der Waals surface area contributed by atoms with E-state index in [0.29, 0.717) is 4.77 Å². The summed E-state index contributed by atoms with van der Waals surface area (Å²) in [6, 6.07) is 10.2. The first-order chi connectivity index (χ1) is 8.65. The maximum Gasteiger partial charge on any atom is 0.216 e. The number of fused-ring (bicyclic) bond motifs is 1. The summed E-state index contributed by atoms with van der Waals surface area (Å²) >= 11 is 5.13. The summed E-state index contributed by atoms with van der Waals surface area (Å²) in [7, 11) is 0. The van der Waals surface area contributed by atoms with E-state index >= 15 is 0 Å². The van der Waals surface area contributed by atoms with Crippen molar-refractivity contribution < 1.29 is 0 Å². The first-order valence-electron chi connectivity index (χ1n) is 5.67. The maximum absolute atomic E-state index is 5.13. The van der Waals surface area contributed by atoms with Crippen LogP contribution in [-0.4, -0.2) is 19.8 Å². The number of H-pyrrole nitrogens is 1. The SMILES string of the molecule is Cc1ccc(-c2ccc3n[nH]c(=S)n3n2)c(C)c1. The molecule has 18 heavy (non-hydrogen) atoms. The fourth-order valence-corrected chi connectivity index (χ4v) is 2.23. The van der Waals surface area contributed by atoms with Crippen molar-refractivity contribution in [3.63, 3.8) is 0 Å². The molecule has 2 aromatic heterocycles. The number of nitrogens with zero attached hydrogens (tertiary/aromatic N) is 3. The van der Waals surface area contributed by atoms with Crippen molar-refractivity contribution in [1.29, 1.82) is 0 Å². The van der Waals surface area contributed by atoms with Crippen molar-refractivity contribution in [2.24, 2.45) is 0 Å². The average Bonchev–Trinajstić information content (AvgIpc) is 2.71. The van der Waals surface area contributed by atoms with Crippen LogP contribution in [0.3, 0.4) is 0 Å². The molecule has 0 fully saturated rings. The summed E-state index contributed by atoms with van der Waals surface area (Å²) in [4.78, 5) is 0. The van der Waals surface area contributed by atoms with Gasteiger partial charge in [-0.3, -0.25) is 0 Å². The molecule has 0 radical (unpaired) electrons. The molecule has 0 atom stereocenters. The number of hydrogen-bond donors (Lipinski definition) is 1. The van der Waals surface area contributed by atoms with Gasteiger partial charge in [0.25, 0.3) is 0 Å². The van der Waals surface area contributed by atoms with E-state index < -0.39 is 0 Å². The van der Waals surface area contributed by atoms with Gasteiger partial charge in [0.15, 0.2) is 5.65 Å². The number of aryl methyl sites for hydroxylation is 2. The molecule has 90 valence electrons. The molecule has 0 unspecified atom stereocenters. The molecular weight excluding hydrogens is 244 g/mol. The highest BCUT2D eigenvalue weighted by atomic mass is 32.1. The average molecular weight is 256 g/mol. The molecule has 0 aliphatic carbocycles. The van der Waals surface area contributed by atoms with Gasteiger partial charge in [-0.25, -0.2) is 5.10 Å². The third-order valence-electron chi connectivity index (χ3n) is 2.93. The molecule has 0 aliphatic heterocycles. The molecule has 0 aliphatic rings. The molecule has 3 rings (SSSR count). The molecule has 1 N–H and O–H groups in total. The minimum Gasteiger partial charge on any atom is -0.250 e. The normalized spacial score (nSPS) is 11.0. The first-order valence-corrected chi connectivity index (χ1v) is 6.08. The van der Waals surface area contributed by atoms with E-state index in [9.17, 15) is 0 Å². The zero-order valence-electron chi connectivity index (χ0n) is 10.1. The second-order valence-electron chi connectivity index (χ2n) is 4.34. The Morgan fingerprint density at radius 3 is 2.78 bits per heavy atom. The Hall–Kier alpha value is -2.01. The van der Waals surface area contributed by atoms with Crippen LogP contribution in [0.2, 0.25) is 0 Å². The standard InChI is InChI=1S/C13H12N4S/c1-8-3-4-10(9(2)7-8)11-5-6-12-14-15-13(18)17(12)16-11/h3-7H,1-2H3,(H,15,18). The van der Waals surface area contributed by atoms with Crippen LogP contribution >= 0.6 is 12.2 Å². The first kappa shape index (κ1) is 11.1. The number of nitrogens with one attached hydrogen (secondary N) is 1. The lowest BCUT2D eigenvalue weighted by molar-refractivity contribution is 0.914. The maximum atomic E-state index is 5.13. The molecule has 2 heterocycles. The van der Waals surface area contributed by atoms with E-state index in [-0.39, 0.29) is 0 Å². The molecular formula is C13H12N4S. The Bertz CT molecular complexity index is 785. The van der Waals surface area contributed by atoms with E-state index in [1.54, 1.807) is 4.52 Å². The Labute approximate surface area is 109 Å². The van der Waals surface area contributed by atoms with Gasteiger partial charge in [-0.05, 0) is 43.8 Å². The van der Waals surface area contributed by atoms with Crippen molar-refractivity contribution in [3.05, 3.63) is 46.2 Å². The van der Waals surface area contributed by atoms with Gasteiger partial charge in [0.1, 0.15) is 0 Å². The number of aromatic amines is 1. The van der Waals surface area contributed by atoms with Gasteiger partial charge in [0, 0.05) is 5.56 Å². The highest BCUT2D eigenvalue weighted by Crippen LogP contribution is 2.22. The van der Waals surface area contributed by atoms with Crippen LogP contribution < -0.4 is 0 Å². The summed E-state index contributed by atoms with van der Waals surface area (Å²) in [5.74, 6) is 0. The van der Waals surface area contributed by atoms with Gasteiger partial charge in [0.2, 0.25) is 4.77 Å². The number of aromatic nitrogens is 4. The molecule has 0 spiro atoms. The summed E-state index contributed by atoms with van der Waals surface area (Å²) in [6.45, 7) is 4.17. The second kappa shape index (κ2) is 4.03. The van der Waals surface area contributed by atoms with Crippen molar-refractivity contribution >= 4 is 17.9 Å². The van der Waals surface area contributed by atoms with Gasteiger partial charge in [0.05, 0.1) is 5.69 Å². The van der Waals surface area contributed by atoms with Crippen molar-refractivity contribution in [1.82, 2.24) is 19.8 Å². The summed E-state index contributed by atoms with van der Waals surface area (Å²) in [5.41, 5.74) is 5.20. The monoisotopic (exact) mass is 256 g/mol. The molecule has 5 heteroatoms. The largest absolute Gasteiger partial charge is 0.250 e. The number of benzene rings is 1. The highest BCUT2D eigenvalue weighted by molar-refractivity contribution is 7.71. The lowest BCUT2D eigenvalue weighted by atomic mass is 10.0. The highest BCUT2D eigenvalue weighted by Gasteiger charge is 2.06. The number of rotatable bonds is 1. The zero-order chi connectivity index (χ0) is 12.7. The van der Waals surface area contributed by atoms with Crippen LogP contribution in [0.15, 0.2) is 30.3 Å². The van der Waals surface area contributed by atoms with Crippen molar-refractivity contribution in [3.8, 4) is 11.3 Å². The molecule has 4 nitrogen and oxygen atoms in total. The molecule has 1 aromatic carbocycles. The number of hydrogen-bond acceptors (Lipinski definition) is 3. The van der Waals surface area contributed by atoms with Gasteiger partial charge >= 0.3 is 0 Å². The fraction of sp³-hybridized carbons (Fsp3) is 0.154. The summed E-state index contributed by atoms with van der Waals surface area (Å²) < 4.78 is 2.15. The molecule has 0 saturated carbocycles. The van der Waals surface area contributed by atoms with Crippen LogP contribution in [0.4, 0.5) is 0 Å². The van der Waals surface area contributed by atoms with Crippen LogP contribution in [0.25, 0.3) is 16.9 Å². The summed E-state index contributed by atoms with van der Waals surface area (Å²) in [5, 5.41) is 11.3. The van der Waals surface area contributed by atoms with Crippen LogP contribution in [0.1, 0.15) is 11.1 Å². The van der Waals surface area contributed by atoms with E-state index in [1.807, 2.05) is 12.1 Å². The predicted molar refractivity (Wildman–Crippen MR) is 73.1 cm³/mol. The lowest BCUT2D eigenvalue weighted by Crippen LogP contribution is -1.95. The Morgan fingerprint density at radius 1 is 1.17 bits per heavy atom. The quantitative estimate of drug-likeness (QED) is 0.681. The third-order valence-corrected chi connectivity index (χ3v) is 3.20. The van der Waals surface area contributed by atoms with Gasteiger partial charge in [-0.1, -0.05) is 23.8 Å². The minimum absolute atomic E-state index is 0.511. The topological polar surface area (TPSA) is 46.0 Å². The van der Waals surface area contributed by atoms with Gasteiger partial charge < -0.3 is 0 Å². The molecule has 0 amide bonds. The molecule has 3 aromatic rings. The van der Waals surface area contributed by atoms with E-state index in [4.69, 9.17) is 12.2 Å². The van der Waals surface area contributed by atoms with Crippen molar-refractivity contribution in [2.45, 2.75) is 13.8 Å². The third kappa shape index (κ3) is 1.73. The smallest absolute Gasteiger partial charge is 0.216 e. The van der Waals surface area contributed by atoms with E-state index in [1.165, 1.54) is 11.1 Å². The molecule has 0 bridgehead atoms. The summed E-state index contributed by atoms with van der Waals surface area (Å²) in [6.07, 6.45) is 0. The predicted octanol–water partition coefficient (Wildman–Crippen LogP) is 3.07. The van der Waals surface area contributed by atoms with Gasteiger partial charge in [-0.2, -0.15) is 14.7 Å². The zero-order valence-corrected chi connectivity index (χ0v) is 11.0. The fourth-order valence-electron chi connectivity index (χ4n) is 2.05. The Balaban J connectivity index is 2.24. The lowest BCUT2D eigenvalue weighted by Gasteiger charge is -2.06. The van der Waals surface area contributed by atoms with Gasteiger partial charge in [-0.15, -0.1) is 0 Å². The van der Waals surface area contributed by atoms with Crippen LogP contribution in [0, 0.1) is 18.6 Å². The Kier molecular flexibility index (Phi) is 2.48.